The van der Waals surface area contributed by atoms with E-state index < -0.39 is 0 Å². The van der Waals surface area contributed by atoms with Crippen molar-refractivity contribution < 1.29 is 0 Å². The summed E-state index contributed by atoms with van der Waals surface area (Å²) < 4.78 is 0. The molecule has 2 aliphatic heterocycles. The SMILES string of the molecule is CC(C)(C)c1cc(-c2c3nc(nc4[nH]c(c(-c5cc(C(C)(C)C)cc(C(C)(C)C)c5)c5nc(nc6[nH]c2c2ccccc62)-c2ccccc2-5)c2ccccc42)-c2ccccc2-3)cc(C(C)(C)C)c1. The second kappa shape index (κ2) is 15.2. The molecule has 0 aliphatic carbocycles. The highest BCUT2D eigenvalue weighted by molar-refractivity contribution is 6.15. The third kappa shape index (κ3) is 7.24. The number of H-pyrrole nitrogens is 2. The molecular weight excluding hydrogens is 829 g/mol. The zero-order valence-corrected chi connectivity index (χ0v) is 41.5. The van der Waals surface area contributed by atoms with Crippen LogP contribution in [-0.2, 0) is 21.7 Å². The van der Waals surface area contributed by atoms with E-state index in [-0.39, 0.29) is 21.7 Å². The largest absolute Gasteiger partial charge is 0.339 e. The van der Waals surface area contributed by atoms with Crippen LogP contribution in [0.5, 0.6) is 0 Å². The molecule has 8 bridgehead atoms. The summed E-state index contributed by atoms with van der Waals surface area (Å²) in [4.78, 5) is 30.4. The summed E-state index contributed by atoms with van der Waals surface area (Å²) in [5, 5.41) is 4.15. The molecule has 6 heteroatoms. The summed E-state index contributed by atoms with van der Waals surface area (Å²) >= 11 is 0. The van der Waals surface area contributed by atoms with Gasteiger partial charge in [0.05, 0.1) is 22.4 Å². The van der Waals surface area contributed by atoms with Crippen molar-refractivity contribution in [1.29, 1.82) is 0 Å². The monoisotopic (exact) mass is 888 g/mol. The Bertz CT molecular complexity index is 3410. The molecule has 0 saturated heterocycles. The first-order valence-electron chi connectivity index (χ1n) is 24.1. The van der Waals surface area contributed by atoms with E-state index in [9.17, 15) is 0 Å². The third-order valence-electron chi connectivity index (χ3n) is 14.0. The van der Waals surface area contributed by atoms with E-state index in [2.05, 4.69) is 227 Å². The molecule has 0 amide bonds. The number of aromatic nitrogens is 6. The van der Waals surface area contributed by atoms with Gasteiger partial charge in [0, 0.05) is 54.9 Å². The molecule has 0 spiro atoms. The predicted molar refractivity (Wildman–Crippen MR) is 286 cm³/mol. The maximum Gasteiger partial charge on any atom is 0.162 e. The fourth-order valence-electron chi connectivity index (χ4n) is 9.95. The average molecular weight is 889 g/mol. The zero-order chi connectivity index (χ0) is 47.7. The number of hydrogen-bond acceptors (Lipinski definition) is 4. The summed E-state index contributed by atoms with van der Waals surface area (Å²) in [6, 6.07) is 48.6. The fraction of sp³-hybridized carbons (Fsp3) is 0.258. The zero-order valence-electron chi connectivity index (χ0n) is 41.5. The Balaban J connectivity index is 1.40. The van der Waals surface area contributed by atoms with Crippen LogP contribution in [0.3, 0.4) is 0 Å². The van der Waals surface area contributed by atoms with Gasteiger partial charge in [-0.1, -0.05) is 217 Å². The molecule has 6 aromatic carbocycles. The third-order valence-corrected chi connectivity index (χ3v) is 14.0. The molecule has 0 saturated carbocycles. The van der Waals surface area contributed by atoms with E-state index in [4.69, 9.17) is 19.9 Å². The Hall–Kier alpha value is -7.18. The average Bonchev–Trinajstić information content (AvgIpc) is 4.05. The second-order valence-electron chi connectivity index (χ2n) is 23.0. The molecule has 0 radical (unpaired) electrons. The van der Waals surface area contributed by atoms with Crippen LogP contribution in [0.2, 0.25) is 0 Å². The van der Waals surface area contributed by atoms with Gasteiger partial charge in [-0.05, 0) is 55.0 Å². The van der Waals surface area contributed by atoms with Crippen LogP contribution >= 0.6 is 0 Å². The number of nitrogens with one attached hydrogen (secondary N) is 2. The highest BCUT2D eigenvalue weighted by atomic mass is 15.0. The lowest BCUT2D eigenvalue weighted by molar-refractivity contribution is 0.568. The van der Waals surface area contributed by atoms with Gasteiger partial charge in [-0.2, -0.15) is 0 Å². The summed E-state index contributed by atoms with van der Waals surface area (Å²) in [6.45, 7) is 27.6. The van der Waals surface area contributed by atoms with Crippen LogP contribution in [0.25, 0.3) is 111 Å². The highest BCUT2D eigenvalue weighted by Gasteiger charge is 2.30. The predicted octanol–water partition coefficient (Wildman–Crippen LogP) is 16.6. The molecular formula is C62H60N6. The maximum atomic E-state index is 5.66. The van der Waals surface area contributed by atoms with Gasteiger partial charge in [-0.15, -0.1) is 0 Å². The first-order chi connectivity index (χ1) is 32.2. The lowest BCUT2D eigenvalue weighted by Crippen LogP contribution is -2.16. The molecule has 2 aliphatic rings. The molecule has 2 N–H and O–H groups in total. The van der Waals surface area contributed by atoms with Crippen molar-refractivity contribution in [2.45, 2.75) is 105 Å². The molecule has 11 rings (SSSR count). The maximum absolute atomic E-state index is 5.66. The van der Waals surface area contributed by atoms with Crippen molar-refractivity contribution in [1.82, 2.24) is 29.9 Å². The summed E-state index contributed by atoms with van der Waals surface area (Å²) in [5.74, 6) is 1.32. The van der Waals surface area contributed by atoms with Crippen LogP contribution in [0, 0.1) is 0 Å². The van der Waals surface area contributed by atoms with E-state index in [1.54, 1.807) is 0 Å². The van der Waals surface area contributed by atoms with Crippen LogP contribution in [0.15, 0.2) is 133 Å². The van der Waals surface area contributed by atoms with E-state index in [1.807, 2.05) is 0 Å². The topological polar surface area (TPSA) is 83.1 Å². The van der Waals surface area contributed by atoms with Gasteiger partial charge in [0.2, 0.25) is 0 Å². The van der Waals surface area contributed by atoms with E-state index >= 15 is 0 Å². The Labute approximate surface area is 400 Å². The second-order valence-corrected chi connectivity index (χ2v) is 23.0. The molecule has 0 atom stereocenters. The molecule has 0 unspecified atom stereocenters. The normalized spacial score (nSPS) is 13.0. The Morgan fingerprint density at radius 2 is 0.618 bits per heavy atom. The van der Waals surface area contributed by atoms with Crippen LogP contribution in [0.4, 0.5) is 0 Å². The minimum Gasteiger partial charge on any atom is -0.339 e. The van der Waals surface area contributed by atoms with Gasteiger partial charge in [0.25, 0.3) is 0 Å². The Morgan fingerprint density at radius 3 is 0.941 bits per heavy atom. The van der Waals surface area contributed by atoms with Gasteiger partial charge in [0.15, 0.2) is 11.6 Å². The Morgan fingerprint density at radius 1 is 0.324 bits per heavy atom. The highest BCUT2D eigenvalue weighted by Crippen LogP contribution is 2.48. The molecule has 338 valence electrons. The standard InChI is InChI=1S/C62H60N6/c1-59(2,3)37-29-35(30-38(33-37)60(4,5)6)49-51-41-21-13-17-25-45(41)55(63-51)67-57-47-27-19-15-23-43(47)53(65-57)50(36-31-39(61(7,8)9)34-40(32-36)62(10,11)12)54-44-24-16-20-28-48(44)58(66-54)68-56-46-26-18-14-22-42(46)52(49)64-56/h13-34H,1-12H3,(H,63,65,67)(H,64,66,68). The van der Waals surface area contributed by atoms with Gasteiger partial charge in [0.1, 0.15) is 11.3 Å². The summed E-state index contributed by atoms with van der Waals surface area (Å²) in [6.07, 6.45) is 0. The quantitative estimate of drug-likeness (QED) is 0.181. The van der Waals surface area contributed by atoms with E-state index in [0.29, 0.717) is 11.6 Å². The number of rotatable bonds is 2. The lowest BCUT2D eigenvalue weighted by atomic mass is 9.78. The van der Waals surface area contributed by atoms with Gasteiger partial charge in [-0.3, -0.25) is 0 Å². The number of hydrogen-bond donors (Lipinski definition) is 2. The van der Waals surface area contributed by atoms with E-state index in [0.717, 1.165) is 99.8 Å². The number of aromatic amines is 2. The van der Waals surface area contributed by atoms with Crippen molar-refractivity contribution in [3.05, 3.63) is 156 Å². The van der Waals surface area contributed by atoms with Crippen LogP contribution in [0.1, 0.15) is 105 Å². The molecule has 3 aromatic heterocycles. The lowest BCUT2D eigenvalue weighted by Gasteiger charge is -2.26. The molecule has 5 heterocycles. The molecule has 68 heavy (non-hydrogen) atoms. The molecule has 9 aromatic rings. The van der Waals surface area contributed by atoms with Crippen molar-refractivity contribution in [3.63, 3.8) is 0 Å². The fourth-order valence-corrected chi connectivity index (χ4v) is 9.95. The summed E-state index contributed by atoms with van der Waals surface area (Å²) in [7, 11) is 0. The smallest absolute Gasteiger partial charge is 0.162 e. The van der Waals surface area contributed by atoms with Crippen molar-refractivity contribution in [3.8, 4) is 67.5 Å². The van der Waals surface area contributed by atoms with E-state index in [1.165, 1.54) is 22.3 Å². The van der Waals surface area contributed by atoms with Gasteiger partial charge >= 0.3 is 0 Å². The van der Waals surface area contributed by atoms with Crippen molar-refractivity contribution >= 4 is 43.9 Å². The Kier molecular flexibility index (Phi) is 9.68. The minimum absolute atomic E-state index is 0.109. The van der Waals surface area contributed by atoms with Crippen molar-refractivity contribution in [2.24, 2.45) is 0 Å². The van der Waals surface area contributed by atoms with Crippen LogP contribution < -0.4 is 0 Å². The van der Waals surface area contributed by atoms with Crippen molar-refractivity contribution in [2.75, 3.05) is 0 Å². The first kappa shape index (κ1) is 43.4. The molecule has 6 nitrogen and oxygen atoms in total. The van der Waals surface area contributed by atoms with Gasteiger partial charge in [-0.25, -0.2) is 19.9 Å². The van der Waals surface area contributed by atoms with Gasteiger partial charge < -0.3 is 9.97 Å². The number of benzene rings is 6. The number of fused-ring (bicyclic) bond motifs is 20. The minimum atomic E-state index is -0.109. The summed E-state index contributed by atoms with van der Waals surface area (Å²) in [5.41, 5.74) is 18.0. The molecule has 0 fully saturated rings. The number of nitrogens with zero attached hydrogens (tertiary/aromatic N) is 4. The van der Waals surface area contributed by atoms with Crippen LogP contribution in [-0.4, -0.2) is 29.9 Å². The first-order valence-corrected chi connectivity index (χ1v) is 24.1.